The summed E-state index contributed by atoms with van der Waals surface area (Å²) in [5, 5.41) is 13.3. The highest BCUT2D eigenvalue weighted by molar-refractivity contribution is 7.99. The molecular weight excluding hydrogens is 522 g/mol. The third-order valence-electron chi connectivity index (χ3n) is 7.26. The van der Waals surface area contributed by atoms with Gasteiger partial charge in [-0.15, -0.1) is 0 Å². The Hall–Kier alpha value is -3.43. The molecule has 3 aromatic carbocycles. The van der Waals surface area contributed by atoms with Crippen LogP contribution in [0.1, 0.15) is 48.5 Å². The van der Waals surface area contributed by atoms with Gasteiger partial charge in [-0.3, -0.25) is 4.79 Å². The summed E-state index contributed by atoms with van der Waals surface area (Å²) in [5.74, 6) is 0.807. The molecule has 1 fully saturated rings. The molecule has 4 aromatic rings. The van der Waals surface area contributed by atoms with Crippen molar-refractivity contribution < 1.29 is 19.4 Å². The van der Waals surface area contributed by atoms with Gasteiger partial charge in [-0.05, 0) is 33.9 Å². The van der Waals surface area contributed by atoms with Crippen molar-refractivity contribution in [3.05, 3.63) is 107 Å². The topological polar surface area (TPSA) is 85.6 Å². The quantitative estimate of drug-likeness (QED) is 0.253. The van der Waals surface area contributed by atoms with Crippen LogP contribution in [0.3, 0.4) is 0 Å². The predicted molar refractivity (Wildman–Crippen MR) is 156 cm³/mol. The molecule has 0 bridgehead atoms. The Kier molecular flexibility index (Phi) is 9.01. The zero-order chi connectivity index (χ0) is 28.1. The van der Waals surface area contributed by atoms with E-state index < -0.39 is 6.29 Å². The fourth-order valence-electron chi connectivity index (χ4n) is 4.88. The van der Waals surface area contributed by atoms with Gasteiger partial charge in [0.15, 0.2) is 11.4 Å². The van der Waals surface area contributed by atoms with E-state index in [2.05, 4.69) is 53.6 Å². The zero-order valence-corrected chi connectivity index (χ0v) is 23.8. The van der Waals surface area contributed by atoms with Crippen LogP contribution in [0.5, 0.6) is 0 Å². The number of imidazole rings is 1. The van der Waals surface area contributed by atoms with Gasteiger partial charge in [0.2, 0.25) is 5.91 Å². The van der Waals surface area contributed by atoms with Crippen LogP contribution in [0.2, 0.25) is 0 Å². The maximum absolute atomic E-state index is 11.3. The number of hydrogen-bond donors (Lipinski definition) is 2. The summed E-state index contributed by atoms with van der Waals surface area (Å²) >= 11 is 1.68. The number of nitrogens with zero attached hydrogens (tertiary/aromatic N) is 2. The molecule has 5 rings (SSSR count). The minimum absolute atomic E-state index is 0.0124. The summed E-state index contributed by atoms with van der Waals surface area (Å²) in [6.45, 7) is 4.21. The van der Waals surface area contributed by atoms with E-state index >= 15 is 0 Å². The van der Waals surface area contributed by atoms with Crippen LogP contribution >= 0.6 is 11.8 Å². The van der Waals surface area contributed by atoms with Crippen LogP contribution in [-0.4, -0.2) is 32.4 Å². The van der Waals surface area contributed by atoms with Gasteiger partial charge < -0.3 is 24.5 Å². The number of hydrogen-bond acceptors (Lipinski definition) is 6. The highest BCUT2D eigenvalue weighted by Gasteiger charge is 2.38. The molecule has 8 heteroatoms. The standard InChI is InChI=1S/C32H35N3O4S/c1-21-29(20-40-32-33-15-16-35(32)3)38-31(39-30(21)26-9-7-23(19-36)8-10-26)27-13-11-25(12-14-27)28-6-4-5-24(17-28)18-34-22(2)37/h4-17,21,29-31,36H,18-20H2,1-3H3,(H,34,37)/t21-,29+,30+,31+/m1/s1. The lowest BCUT2D eigenvalue weighted by Gasteiger charge is -2.41. The second-order valence-corrected chi connectivity index (χ2v) is 11.2. The van der Waals surface area contributed by atoms with Crippen molar-refractivity contribution in [2.75, 3.05) is 5.75 Å². The summed E-state index contributed by atoms with van der Waals surface area (Å²) in [5.41, 5.74) is 6.11. The van der Waals surface area contributed by atoms with Crippen molar-refractivity contribution in [3.63, 3.8) is 0 Å². The van der Waals surface area contributed by atoms with Crippen LogP contribution in [0.15, 0.2) is 90.3 Å². The summed E-state index contributed by atoms with van der Waals surface area (Å²) in [6, 6.07) is 24.4. The molecule has 1 aromatic heterocycles. The monoisotopic (exact) mass is 557 g/mol. The number of ether oxygens (including phenoxy) is 2. The number of carbonyl (C=O) groups excluding carboxylic acids is 1. The normalized spacial score (nSPS) is 20.8. The summed E-state index contributed by atoms with van der Waals surface area (Å²) < 4.78 is 15.2. The number of aliphatic hydroxyl groups excluding tert-OH is 1. The highest BCUT2D eigenvalue weighted by atomic mass is 32.2. The molecule has 1 saturated heterocycles. The van der Waals surface area contributed by atoms with E-state index in [1.807, 2.05) is 60.4 Å². The Balaban J connectivity index is 1.37. The van der Waals surface area contributed by atoms with E-state index in [4.69, 9.17) is 9.47 Å². The van der Waals surface area contributed by atoms with E-state index in [9.17, 15) is 9.90 Å². The molecular formula is C32H35N3O4S. The first kappa shape index (κ1) is 28.1. The molecule has 1 amide bonds. The van der Waals surface area contributed by atoms with Crippen molar-refractivity contribution in [3.8, 4) is 11.1 Å². The first-order valence-electron chi connectivity index (χ1n) is 13.5. The smallest absolute Gasteiger partial charge is 0.217 e. The molecule has 40 heavy (non-hydrogen) atoms. The van der Waals surface area contributed by atoms with Crippen LogP contribution in [-0.2, 0) is 34.5 Å². The number of aliphatic hydroxyl groups is 1. The number of aromatic nitrogens is 2. The summed E-state index contributed by atoms with van der Waals surface area (Å²) in [7, 11) is 2.00. The molecule has 4 atom stereocenters. The fraction of sp³-hybridized carbons (Fsp3) is 0.312. The molecule has 2 N–H and O–H groups in total. The molecule has 0 radical (unpaired) electrons. The van der Waals surface area contributed by atoms with Crippen LogP contribution < -0.4 is 5.32 Å². The SMILES string of the molecule is CC(=O)NCc1cccc(-c2ccc([C@H]3O[C@@H](CSc4nccn4C)[C@@H](C)[C@@H](c4ccc(CO)cc4)O3)cc2)c1. The summed E-state index contributed by atoms with van der Waals surface area (Å²) in [4.78, 5) is 15.8. The van der Waals surface area contributed by atoms with Gasteiger partial charge in [0.05, 0.1) is 18.8 Å². The molecule has 0 saturated carbocycles. The van der Waals surface area contributed by atoms with Crippen molar-refractivity contribution in [1.29, 1.82) is 0 Å². The van der Waals surface area contributed by atoms with Crippen LogP contribution in [0.4, 0.5) is 0 Å². The van der Waals surface area contributed by atoms with Crippen molar-refractivity contribution in [1.82, 2.24) is 14.9 Å². The molecule has 208 valence electrons. The number of carbonyl (C=O) groups is 1. The first-order valence-corrected chi connectivity index (χ1v) is 14.4. The highest BCUT2D eigenvalue weighted by Crippen LogP contribution is 2.43. The predicted octanol–water partition coefficient (Wildman–Crippen LogP) is 5.80. The first-order chi connectivity index (χ1) is 19.4. The molecule has 1 aliphatic heterocycles. The van der Waals surface area contributed by atoms with Gasteiger partial charge in [-0.25, -0.2) is 4.98 Å². The maximum Gasteiger partial charge on any atom is 0.217 e. The van der Waals surface area contributed by atoms with Crippen molar-refractivity contribution in [2.45, 2.75) is 50.7 Å². The van der Waals surface area contributed by atoms with E-state index in [0.29, 0.717) is 6.54 Å². The van der Waals surface area contributed by atoms with E-state index in [1.54, 1.807) is 11.8 Å². The van der Waals surface area contributed by atoms with E-state index in [0.717, 1.165) is 44.3 Å². The Morgan fingerprint density at radius 2 is 1.75 bits per heavy atom. The van der Waals surface area contributed by atoms with Gasteiger partial charge in [0, 0.05) is 50.1 Å². The van der Waals surface area contributed by atoms with Gasteiger partial charge in [0.1, 0.15) is 0 Å². The van der Waals surface area contributed by atoms with Crippen molar-refractivity contribution in [2.24, 2.45) is 13.0 Å². The minimum atomic E-state index is -0.522. The zero-order valence-electron chi connectivity index (χ0n) is 23.0. The van der Waals surface area contributed by atoms with E-state index in [1.165, 1.54) is 6.92 Å². The average molecular weight is 558 g/mol. The lowest BCUT2D eigenvalue weighted by Crippen LogP contribution is -2.38. The third-order valence-corrected chi connectivity index (χ3v) is 8.41. The van der Waals surface area contributed by atoms with Gasteiger partial charge in [-0.2, -0.15) is 0 Å². The Labute approximate surface area is 239 Å². The number of nitrogens with one attached hydrogen (secondary N) is 1. The largest absolute Gasteiger partial charge is 0.392 e. The Bertz CT molecular complexity index is 1420. The molecule has 1 aliphatic rings. The second kappa shape index (κ2) is 12.8. The minimum Gasteiger partial charge on any atom is -0.392 e. The average Bonchev–Trinajstić information content (AvgIpc) is 3.40. The maximum atomic E-state index is 11.3. The number of rotatable bonds is 9. The number of aryl methyl sites for hydroxylation is 1. The van der Waals surface area contributed by atoms with Crippen LogP contribution in [0.25, 0.3) is 11.1 Å². The number of thioether (sulfide) groups is 1. The van der Waals surface area contributed by atoms with Gasteiger partial charge in [-0.1, -0.05) is 85.4 Å². The lowest BCUT2D eigenvalue weighted by molar-refractivity contribution is -0.268. The van der Waals surface area contributed by atoms with Gasteiger partial charge >= 0.3 is 0 Å². The Morgan fingerprint density at radius 1 is 1.00 bits per heavy atom. The molecule has 0 aliphatic carbocycles. The number of amides is 1. The Morgan fingerprint density at radius 3 is 2.42 bits per heavy atom. The van der Waals surface area contributed by atoms with Crippen molar-refractivity contribution >= 4 is 17.7 Å². The summed E-state index contributed by atoms with van der Waals surface area (Å²) in [6.07, 6.45) is 3.01. The van der Waals surface area contributed by atoms with Gasteiger partial charge in [0.25, 0.3) is 0 Å². The molecule has 0 spiro atoms. The molecule has 2 heterocycles. The fourth-order valence-corrected chi connectivity index (χ4v) is 5.97. The lowest BCUT2D eigenvalue weighted by atomic mass is 9.91. The number of benzene rings is 3. The van der Waals surface area contributed by atoms with E-state index in [-0.39, 0.29) is 30.6 Å². The third kappa shape index (κ3) is 6.64. The molecule has 7 nitrogen and oxygen atoms in total. The van der Waals surface area contributed by atoms with Crippen LogP contribution in [0, 0.1) is 5.92 Å². The molecule has 0 unspecified atom stereocenters. The second-order valence-electron chi connectivity index (χ2n) is 10.2.